The van der Waals surface area contributed by atoms with E-state index in [0.29, 0.717) is 47.3 Å². The third kappa shape index (κ3) is 5.79. The molecule has 0 fully saturated rings. The number of carboxylic acid groups (broad SMARTS) is 2. The number of nitrogens with one attached hydrogen (secondary N) is 2. The van der Waals surface area contributed by atoms with Gasteiger partial charge in [0.2, 0.25) is 0 Å². The van der Waals surface area contributed by atoms with Crippen molar-refractivity contribution in [2.24, 2.45) is 9.98 Å². The summed E-state index contributed by atoms with van der Waals surface area (Å²) in [5.41, 5.74) is 10.4. The molecule has 44 heavy (non-hydrogen) atoms. The van der Waals surface area contributed by atoms with Crippen molar-refractivity contribution in [2.75, 3.05) is 0 Å². The minimum absolute atomic E-state index is 0.0318. The van der Waals surface area contributed by atoms with Gasteiger partial charge in [0.15, 0.2) is 0 Å². The molecule has 0 aromatic carbocycles. The normalized spacial score (nSPS) is 22.0. The molecule has 8 bridgehead atoms. The average molecular weight is 601 g/mol. The summed E-state index contributed by atoms with van der Waals surface area (Å²) in [4.78, 5) is 40.1. The molecule has 2 aromatic heterocycles. The highest BCUT2D eigenvalue weighted by Crippen LogP contribution is 2.34. The molecule has 10 heteroatoms. The van der Waals surface area contributed by atoms with E-state index in [1.165, 1.54) is 0 Å². The first kappa shape index (κ1) is 31.2. The van der Waals surface area contributed by atoms with Gasteiger partial charge in [-0.05, 0) is 106 Å². The van der Waals surface area contributed by atoms with Gasteiger partial charge in [0.1, 0.15) is 0 Å². The largest absolute Gasteiger partial charge is 0.481 e. The number of aliphatic imine (C=N–C) groups is 2. The van der Waals surface area contributed by atoms with Gasteiger partial charge < -0.3 is 30.4 Å². The molecule has 232 valence electrons. The second-order valence-electron chi connectivity index (χ2n) is 12.0. The Labute approximate surface area is 255 Å². The zero-order valence-corrected chi connectivity index (χ0v) is 26.0. The van der Waals surface area contributed by atoms with E-state index in [2.05, 4.69) is 9.97 Å². The van der Waals surface area contributed by atoms with Crippen LogP contribution in [0.1, 0.15) is 86.7 Å². The summed E-state index contributed by atoms with van der Waals surface area (Å²) < 4.78 is 0. The lowest BCUT2D eigenvalue weighted by Crippen LogP contribution is -2.17. The highest BCUT2D eigenvalue weighted by Gasteiger charge is 2.30. The first-order valence-corrected chi connectivity index (χ1v) is 15.0. The SMILES string of the molecule is CC1=C(CCC(=O)O)C2Cc3[nH]c(c(C)c3CCC(=O)O)/C=c3\[nH]/c(c(C)c3C(C)O)=C\C3=NC(=C\C1=N2)/C(C)=C3C(C)O. The van der Waals surface area contributed by atoms with E-state index in [1.807, 2.05) is 45.9 Å². The van der Waals surface area contributed by atoms with E-state index in [9.17, 15) is 30.0 Å². The molecule has 3 unspecified atom stereocenters. The van der Waals surface area contributed by atoms with Crippen molar-refractivity contribution in [2.45, 2.75) is 91.9 Å². The van der Waals surface area contributed by atoms with Crippen molar-refractivity contribution < 1.29 is 30.0 Å². The smallest absolute Gasteiger partial charge is 0.303 e. The first-order valence-electron chi connectivity index (χ1n) is 15.0. The molecule has 6 N–H and O–H groups in total. The number of aliphatic hydroxyl groups excluding tert-OH is 2. The summed E-state index contributed by atoms with van der Waals surface area (Å²) in [5, 5.41) is 42.0. The van der Waals surface area contributed by atoms with E-state index < -0.39 is 24.1 Å². The monoisotopic (exact) mass is 600 g/mol. The molecule has 0 amide bonds. The number of rotatable bonds is 8. The number of hydrogen-bond acceptors (Lipinski definition) is 6. The predicted molar refractivity (Wildman–Crippen MR) is 169 cm³/mol. The van der Waals surface area contributed by atoms with Crippen molar-refractivity contribution in [1.82, 2.24) is 9.97 Å². The van der Waals surface area contributed by atoms with Crippen LogP contribution in [0.2, 0.25) is 0 Å². The van der Waals surface area contributed by atoms with E-state index in [-0.39, 0.29) is 18.9 Å². The minimum Gasteiger partial charge on any atom is -0.481 e. The Bertz CT molecular complexity index is 1840. The van der Waals surface area contributed by atoms with Crippen LogP contribution < -0.4 is 10.7 Å². The number of aliphatic carboxylic acids is 2. The van der Waals surface area contributed by atoms with Crippen molar-refractivity contribution in [3.05, 3.63) is 78.4 Å². The number of aromatic nitrogens is 2. The molecule has 3 aliphatic heterocycles. The molecule has 0 saturated carbocycles. The van der Waals surface area contributed by atoms with Gasteiger partial charge in [-0.2, -0.15) is 0 Å². The quantitative estimate of drug-likeness (QED) is 0.272. The van der Waals surface area contributed by atoms with E-state index in [1.54, 1.807) is 13.8 Å². The molecule has 0 aliphatic carbocycles. The van der Waals surface area contributed by atoms with Crippen LogP contribution in [0, 0.1) is 13.8 Å². The molecule has 3 aliphatic rings. The van der Waals surface area contributed by atoms with Gasteiger partial charge >= 0.3 is 11.9 Å². The third-order valence-corrected chi connectivity index (χ3v) is 9.02. The average Bonchev–Trinajstić information content (AvgIpc) is 3.59. The molecular weight excluding hydrogens is 560 g/mol. The zero-order valence-electron chi connectivity index (χ0n) is 26.0. The van der Waals surface area contributed by atoms with Crippen LogP contribution in [0.4, 0.5) is 0 Å². The molecule has 2 aromatic rings. The summed E-state index contributed by atoms with van der Waals surface area (Å²) in [6.45, 7) is 11.2. The fraction of sp³-hybridized carbons (Fsp3) is 0.412. The highest BCUT2D eigenvalue weighted by molar-refractivity contribution is 6.24. The van der Waals surface area contributed by atoms with Crippen LogP contribution in [0.15, 0.2) is 44.1 Å². The summed E-state index contributed by atoms with van der Waals surface area (Å²) in [6, 6.07) is -0.340. The van der Waals surface area contributed by atoms with Gasteiger partial charge in [0, 0.05) is 52.5 Å². The summed E-state index contributed by atoms with van der Waals surface area (Å²) in [5.74, 6) is -1.78. The number of fused-ring (bicyclic) bond motifs is 6. The number of allylic oxidation sites excluding steroid dienone is 3. The number of nitrogens with zero attached hydrogens (tertiary/aromatic N) is 2. The topological polar surface area (TPSA) is 171 Å². The van der Waals surface area contributed by atoms with Gasteiger partial charge in [-0.25, -0.2) is 4.99 Å². The van der Waals surface area contributed by atoms with Crippen LogP contribution in [-0.4, -0.2) is 65.9 Å². The molecule has 0 spiro atoms. The first-order chi connectivity index (χ1) is 20.8. The number of hydrogen-bond donors (Lipinski definition) is 6. The van der Waals surface area contributed by atoms with Crippen molar-refractivity contribution >= 4 is 35.5 Å². The van der Waals surface area contributed by atoms with Gasteiger partial charge in [0.05, 0.1) is 35.4 Å². The highest BCUT2D eigenvalue weighted by atomic mass is 16.4. The lowest BCUT2D eigenvalue weighted by molar-refractivity contribution is -0.138. The van der Waals surface area contributed by atoms with Crippen LogP contribution in [0.3, 0.4) is 0 Å². The molecule has 0 radical (unpaired) electrons. The number of carboxylic acids is 2. The Morgan fingerprint density at radius 3 is 2.18 bits per heavy atom. The van der Waals surface area contributed by atoms with Crippen LogP contribution in [-0.2, 0) is 22.4 Å². The lowest BCUT2D eigenvalue weighted by Gasteiger charge is -2.14. The van der Waals surface area contributed by atoms with Crippen molar-refractivity contribution in [1.29, 1.82) is 0 Å². The Kier molecular flexibility index (Phi) is 8.51. The molecule has 0 saturated heterocycles. The predicted octanol–water partition coefficient (Wildman–Crippen LogP) is 3.24. The molecule has 5 heterocycles. The van der Waals surface area contributed by atoms with Gasteiger partial charge in [0.25, 0.3) is 0 Å². The van der Waals surface area contributed by atoms with Gasteiger partial charge in [-0.3, -0.25) is 14.6 Å². The van der Waals surface area contributed by atoms with Crippen molar-refractivity contribution in [3.8, 4) is 0 Å². The third-order valence-electron chi connectivity index (χ3n) is 9.02. The second-order valence-corrected chi connectivity index (χ2v) is 12.0. The number of H-pyrrole nitrogens is 2. The lowest BCUT2D eigenvalue weighted by atomic mass is 9.93. The zero-order chi connectivity index (χ0) is 32.0. The van der Waals surface area contributed by atoms with E-state index >= 15 is 0 Å². The molecule has 3 atom stereocenters. The Balaban J connectivity index is 1.81. The van der Waals surface area contributed by atoms with E-state index in [4.69, 9.17) is 9.98 Å². The fourth-order valence-electron chi connectivity index (χ4n) is 6.71. The Hall–Kier alpha value is -4.28. The summed E-state index contributed by atoms with van der Waals surface area (Å²) in [7, 11) is 0. The van der Waals surface area contributed by atoms with Crippen LogP contribution in [0.5, 0.6) is 0 Å². The molecular formula is C34H40N4O6. The maximum atomic E-state index is 11.6. The van der Waals surface area contributed by atoms with Crippen LogP contribution in [0.25, 0.3) is 12.2 Å². The number of carbonyl (C=O) groups is 2. The maximum Gasteiger partial charge on any atom is 0.303 e. The van der Waals surface area contributed by atoms with Crippen molar-refractivity contribution in [3.63, 3.8) is 0 Å². The second kappa shape index (κ2) is 12.0. The van der Waals surface area contributed by atoms with Gasteiger partial charge in [-0.1, -0.05) is 0 Å². The molecule has 5 rings (SSSR count). The fourth-order valence-corrected chi connectivity index (χ4v) is 6.71. The Morgan fingerprint density at radius 2 is 1.55 bits per heavy atom. The minimum atomic E-state index is -0.890. The maximum absolute atomic E-state index is 11.6. The molecule has 10 nitrogen and oxygen atoms in total. The number of aliphatic hydroxyl groups is 2. The van der Waals surface area contributed by atoms with Crippen LogP contribution >= 0.6 is 0 Å². The summed E-state index contributed by atoms with van der Waals surface area (Å²) in [6.07, 6.45) is 5.23. The standard InChI is InChI=1S/C34H40N4O6/c1-15-21(7-9-31(41)42)27-14-28-22(8-10-32(43)44)16(2)24(36-28)12-29-34(20(6)40)18(4)26(38-29)13-30-33(19(5)39)17(3)25(37-30)11-23(15)35-27/h11-13,19-20,27,36,38-40H,7-10,14H2,1-6H3,(H,41,42)(H,43,44)/b25-11-,26-13-,29-12-. The van der Waals surface area contributed by atoms with E-state index in [0.717, 1.165) is 55.7 Å². The Morgan fingerprint density at radius 1 is 0.864 bits per heavy atom. The number of aromatic amines is 2. The van der Waals surface area contributed by atoms with Gasteiger partial charge in [-0.15, -0.1) is 0 Å². The summed E-state index contributed by atoms with van der Waals surface area (Å²) >= 11 is 0.